The number of aromatic amines is 1. The van der Waals surface area contributed by atoms with Crippen LogP contribution in [-0.2, 0) is 10.0 Å². The number of nitrogens with one attached hydrogen (secondary N) is 2. The van der Waals surface area contributed by atoms with Crippen LogP contribution in [0.5, 0.6) is 0 Å². The van der Waals surface area contributed by atoms with Crippen LogP contribution in [0.4, 0.5) is 14.5 Å². The molecule has 0 amide bonds. The van der Waals surface area contributed by atoms with E-state index in [9.17, 15) is 22.0 Å². The molecule has 1 aromatic carbocycles. The third-order valence-electron chi connectivity index (χ3n) is 4.43. The monoisotopic (exact) mass is 497 g/mol. The van der Waals surface area contributed by atoms with Crippen molar-refractivity contribution in [1.82, 2.24) is 20.2 Å². The summed E-state index contributed by atoms with van der Waals surface area (Å²) in [5, 5.41) is 6.64. The largest absolute Gasteiger partial charge is 0.287 e. The van der Waals surface area contributed by atoms with Crippen molar-refractivity contribution in [3.63, 3.8) is 0 Å². The lowest BCUT2D eigenvalue weighted by molar-refractivity contribution is 0.103. The number of carbonyl (C=O) groups is 1. The molecule has 0 spiro atoms. The van der Waals surface area contributed by atoms with Crippen molar-refractivity contribution in [3.8, 4) is 0 Å². The first-order chi connectivity index (χ1) is 15.2. The number of sulfonamides is 1. The number of benzene rings is 1. The molecule has 8 nitrogen and oxygen atoms in total. The number of hydrogen-bond donors (Lipinski definition) is 2. The number of ketones is 1. The van der Waals surface area contributed by atoms with E-state index in [4.69, 9.17) is 23.2 Å². The van der Waals surface area contributed by atoms with E-state index in [0.717, 1.165) is 18.2 Å². The standard InChI is InChI=1S/C19H11Cl2F2N5O3S/c20-9-5-15(28-32(30,31)10-1-2-14(21)12(6-10)18(22)23)16(25-7-9)17(29)11-3-4-24-19-13(11)8-26-27-19/h1-8,18,28H,(H,24,26,27). The van der Waals surface area contributed by atoms with Gasteiger partial charge in [-0.3, -0.25) is 14.6 Å². The van der Waals surface area contributed by atoms with Crippen LogP contribution < -0.4 is 4.72 Å². The average Bonchev–Trinajstić information content (AvgIpc) is 3.22. The molecule has 0 bridgehead atoms. The molecule has 3 heterocycles. The number of alkyl halides is 2. The molecule has 32 heavy (non-hydrogen) atoms. The maximum Gasteiger partial charge on any atom is 0.265 e. The van der Waals surface area contributed by atoms with Gasteiger partial charge in [-0.15, -0.1) is 0 Å². The van der Waals surface area contributed by atoms with Crippen molar-refractivity contribution in [2.45, 2.75) is 11.3 Å². The second-order valence-corrected chi connectivity index (χ2v) is 8.99. The Labute approximate surface area is 189 Å². The van der Waals surface area contributed by atoms with Crippen LogP contribution in [0, 0.1) is 0 Å². The van der Waals surface area contributed by atoms with Gasteiger partial charge in [-0.1, -0.05) is 23.2 Å². The maximum absolute atomic E-state index is 13.2. The summed E-state index contributed by atoms with van der Waals surface area (Å²) in [5.41, 5.74) is -0.605. The SMILES string of the molecule is O=C(c1ncc(Cl)cc1NS(=O)(=O)c1ccc(Cl)c(C(F)F)c1)c1ccnc2[nH]ncc12. The Bertz CT molecular complexity index is 1460. The number of aromatic nitrogens is 4. The lowest BCUT2D eigenvalue weighted by atomic mass is 10.1. The van der Waals surface area contributed by atoms with E-state index in [-0.39, 0.29) is 27.0 Å². The molecular weight excluding hydrogens is 487 g/mol. The molecule has 0 unspecified atom stereocenters. The first-order valence-electron chi connectivity index (χ1n) is 8.76. The zero-order chi connectivity index (χ0) is 23.0. The average molecular weight is 498 g/mol. The molecule has 4 aromatic rings. The Morgan fingerprint density at radius 3 is 2.62 bits per heavy atom. The van der Waals surface area contributed by atoms with Crippen LogP contribution in [0.25, 0.3) is 11.0 Å². The second-order valence-electron chi connectivity index (χ2n) is 6.46. The van der Waals surface area contributed by atoms with Crippen molar-refractivity contribution in [2.24, 2.45) is 0 Å². The number of anilines is 1. The van der Waals surface area contributed by atoms with Gasteiger partial charge < -0.3 is 0 Å². The zero-order valence-corrected chi connectivity index (χ0v) is 18.0. The molecule has 164 valence electrons. The molecule has 0 saturated heterocycles. The van der Waals surface area contributed by atoms with Crippen LogP contribution in [0.15, 0.2) is 53.8 Å². The van der Waals surface area contributed by atoms with Crippen molar-refractivity contribution >= 4 is 55.7 Å². The summed E-state index contributed by atoms with van der Waals surface area (Å²) < 4.78 is 54.2. The number of nitrogens with zero attached hydrogens (tertiary/aromatic N) is 3. The topological polar surface area (TPSA) is 118 Å². The first-order valence-corrected chi connectivity index (χ1v) is 11.0. The Balaban J connectivity index is 1.77. The maximum atomic E-state index is 13.2. The van der Waals surface area contributed by atoms with E-state index in [1.165, 1.54) is 30.7 Å². The highest BCUT2D eigenvalue weighted by molar-refractivity contribution is 7.92. The third kappa shape index (κ3) is 4.14. The molecule has 3 aromatic heterocycles. The predicted molar refractivity (Wildman–Crippen MR) is 114 cm³/mol. The second kappa shape index (κ2) is 8.41. The fourth-order valence-corrected chi connectivity index (χ4v) is 4.38. The Morgan fingerprint density at radius 2 is 1.88 bits per heavy atom. The summed E-state index contributed by atoms with van der Waals surface area (Å²) in [4.78, 5) is 20.7. The van der Waals surface area contributed by atoms with Crippen LogP contribution in [0.2, 0.25) is 10.0 Å². The van der Waals surface area contributed by atoms with Gasteiger partial charge in [-0.2, -0.15) is 5.10 Å². The summed E-state index contributed by atoms with van der Waals surface area (Å²) in [6, 6.07) is 5.49. The molecule has 0 atom stereocenters. The number of halogens is 4. The lowest BCUT2D eigenvalue weighted by Crippen LogP contribution is -2.17. The summed E-state index contributed by atoms with van der Waals surface area (Å²) in [6.07, 6.45) is 0.978. The first kappa shape index (κ1) is 22.1. The fraction of sp³-hybridized carbons (Fsp3) is 0.0526. The number of pyridine rings is 2. The minimum atomic E-state index is -4.40. The Kier molecular flexibility index (Phi) is 5.80. The van der Waals surface area contributed by atoms with Gasteiger partial charge in [0.05, 0.1) is 21.8 Å². The molecule has 0 fully saturated rings. The quantitative estimate of drug-likeness (QED) is 0.375. The molecule has 2 N–H and O–H groups in total. The van der Waals surface area contributed by atoms with Gasteiger partial charge in [0.2, 0.25) is 5.78 Å². The van der Waals surface area contributed by atoms with E-state index in [2.05, 4.69) is 24.9 Å². The predicted octanol–water partition coefficient (Wildman–Crippen LogP) is 4.63. The van der Waals surface area contributed by atoms with Gasteiger partial charge in [0.1, 0.15) is 5.69 Å². The molecule has 0 saturated carbocycles. The number of H-pyrrole nitrogens is 1. The van der Waals surface area contributed by atoms with Gasteiger partial charge in [0.15, 0.2) is 5.65 Å². The van der Waals surface area contributed by atoms with Crippen molar-refractivity contribution in [2.75, 3.05) is 4.72 Å². The van der Waals surface area contributed by atoms with Crippen molar-refractivity contribution in [1.29, 1.82) is 0 Å². The summed E-state index contributed by atoms with van der Waals surface area (Å²) >= 11 is 11.7. The highest BCUT2D eigenvalue weighted by Crippen LogP contribution is 2.31. The zero-order valence-electron chi connectivity index (χ0n) is 15.7. The summed E-state index contributed by atoms with van der Waals surface area (Å²) in [5.74, 6) is -0.627. The molecular formula is C19H11Cl2F2N5O3S. The normalized spacial score (nSPS) is 11.8. The minimum Gasteiger partial charge on any atom is -0.287 e. The van der Waals surface area contributed by atoms with Crippen LogP contribution in [0.3, 0.4) is 0 Å². The number of rotatable bonds is 6. The third-order valence-corrected chi connectivity index (χ3v) is 6.34. The molecule has 4 rings (SSSR count). The summed E-state index contributed by atoms with van der Waals surface area (Å²) in [7, 11) is -4.40. The number of fused-ring (bicyclic) bond motifs is 1. The van der Waals surface area contributed by atoms with Crippen LogP contribution >= 0.6 is 23.2 Å². The van der Waals surface area contributed by atoms with Gasteiger partial charge >= 0.3 is 0 Å². The molecule has 0 aliphatic heterocycles. The van der Waals surface area contributed by atoms with Crippen LogP contribution in [0.1, 0.15) is 28.0 Å². The molecule has 0 aliphatic carbocycles. The van der Waals surface area contributed by atoms with E-state index in [1.54, 1.807) is 0 Å². The van der Waals surface area contributed by atoms with Gasteiger partial charge in [-0.25, -0.2) is 27.2 Å². The van der Waals surface area contributed by atoms with E-state index >= 15 is 0 Å². The molecule has 0 radical (unpaired) electrons. The van der Waals surface area contributed by atoms with Gasteiger partial charge in [0, 0.05) is 33.9 Å². The highest BCUT2D eigenvalue weighted by atomic mass is 35.5. The number of hydrogen-bond acceptors (Lipinski definition) is 6. The van der Waals surface area contributed by atoms with Crippen LogP contribution in [-0.4, -0.2) is 34.4 Å². The highest BCUT2D eigenvalue weighted by Gasteiger charge is 2.24. The van der Waals surface area contributed by atoms with E-state index < -0.39 is 32.7 Å². The molecule has 0 aliphatic rings. The summed E-state index contributed by atoms with van der Waals surface area (Å²) in [6.45, 7) is 0. The lowest BCUT2D eigenvalue weighted by Gasteiger charge is -2.13. The fourth-order valence-electron chi connectivity index (χ4n) is 2.93. The van der Waals surface area contributed by atoms with Gasteiger partial charge in [-0.05, 0) is 30.3 Å². The van der Waals surface area contributed by atoms with Crippen molar-refractivity contribution < 1.29 is 22.0 Å². The Morgan fingerprint density at radius 1 is 1.09 bits per heavy atom. The van der Waals surface area contributed by atoms with E-state index in [1.807, 2.05) is 0 Å². The van der Waals surface area contributed by atoms with Crippen molar-refractivity contribution in [3.05, 3.63) is 75.8 Å². The van der Waals surface area contributed by atoms with Gasteiger partial charge in [0.25, 0.3) is 16.4 Å². The van der Waals surface area contributed by atoms with E-state index in [0.29, 0.717) is 11.0 Å². The smallest absolute Gasteiger partial charge is 0.265 e. The minimum absolute atomic E-state index is 0.0480. The number of carbonyl (C=O) groups excluding carboxylic acids is 1. The Hall–Kier alpha value is -3.15. The molecule has 13 heteroatoms.